The van der Waals surface area contributed by atoms with Crippen LogP contribution in [0.25, 0.3) is 176 Å². The summed E-state index contributed by atoms with van der Waals surface area (Å²) in [6, 6.07) is 69.8. The molecule has 8 heteroatoms. The first-order valence-electron chi connectivity index (χ1n) is 26.9. The van der Waals surface area contributed by atoms with E-state index >= 15 is 0 Å². The molecule has 17 rings (SSSR count). The third-order valence-electron chi connectivity index (χ3n) is 16.3. The Balaban J connectivity index is 1.23. The number of aromatic nitrogens is 8. The number of rotatable bonds is 4. The molecule has 8 bridgehead atoms. The molecule has 14 aromatic rings. The Morgan fingerprint density at radius 2 is 0.463 bits per heavy atom. The minimum atomic E-state index is 0.822. The van der Waals surface area contributed by atoms with Crippen molar-refractivity contribution in [1.82, 2.24) is 39.9 Å². The van der Waals surface area contributed by atoms with Crippen molar-refractivity contribution in [3.05, 3.63) is 244 Å². The van der Waals surface area contributed by atoms with Crippen LogP contribution in [0.1, 0.15) is 0 Å². The van der Waals surface area contributed by atoms with E-state index < -0.39 is 0 Å². The summed E-state index contributed by atoms with van der Waals surface area (Å²) in [7, 11) is 0. The van der Waals surface area contributed by atoms with E-state index in [2.05, 4.69) is 180 Å². The van der Waals surface area contributed by atoms with Crippen molar-refractivity contribution >= 4 is 86.7 Å². The zero-order valence-corrected chi connectivity index (χ0v) is 42.8. The fourth-order valence-electron chi connectivity index (χ4n) is 12.7. The highest BCUT2D eigenvalue weighted by Crippen LogP contribution is 2.53. The van der Waals surface area contributed by atoms with Crippen molar-refractivity contribution in [2.45, 2.75) is 0 Å². The van der Waals surface area contributed by atoms with Crippen molar-refractivity contribution in [3.8, 4) is 89.5 Å². The van der Waals surface area contributed by atoms with Crippen LogP contribution in [-0.4, -0.2) is 39.9 Å². The average Bonchev–Trinajstić information content (AvgIpc) is 4.47. The van der Waals surface area contributed by atoms with Crippen LogP contribution in [0.15, 0.2) is 244 Å². The van der Waals surface area contributed by atoms with E-state index in [1.807, 2.05) is 73.8 Å². The molecule has 0 saturated carbocycles. The molecule has 0 atom stereocenters. The summed E-state index contributed by atoms with van der Waals surface area (Å²) in [6.07, 6.45) is 15.2. The lowest BCUT2D eigenvalue weighted by molar-refractivity contribution is 1.31. The molecule has 8 heterocycles. The Bertz CT molecular complexity index is 4630. The first kappa shape index (κ1) is 44.2. The van der Waals surface area contributed by atoms with Gasteiger partial charge < -0.3 is 9.97 Å². The second-order valence-corrected chi connectivity index (χ2v) is 20.8. The highest BCUT2D eigenvalue weighted by atomic mass is 14.8. The third-order valence-corrected chi connectivity index (χ3v) is 16.3. The Kier molecular flexibility index (Phi) is 9.54. The smallest absolute Gasteiger partial charge is 0.0816 e. The number of benzene rings is 8. The third kappa shape index (κ3) is 6.69. The molecule has 2 N–H and O–H groups in total. The lowest BCUT2D eigenvalue weighted by Gasteiger charge is -2.10. The van der Waals surface area contributed by atoms with Gasteiger partial charge in [-0.3, -0.25) is 19.9 Å². The molecule has 3 aliphatic rings. The first-order valence-corrected chi connectivity index (χ1v) is 26.9. The van der Waals surface area contributed by atoms with Gasteiger partial charge in [-0.2, -0.15) is 0 Å². The molecule has 0 saturated heterocycles. The Morgan fingerprint density at radius 3 is 0.675 bits per heavy atom. The summed E-state index contributed by atoms with van der Waals surface area (Å²) >= 11 is 0. The summed E-state index contributed by atoms with van der Waals surface area (Å²) in [4.78, 5) is 40.0. The minimum absolute atomic E-state index is 0.822. The predicted molar refractivity (Wildman–Crippen MR) is 328 cm³/mol. The van der Waals surface area contributed by atoms with E-state index in [1.165, 1.54) is 0 Å². The number of aromatic amines is 2. The number of fused-ring (bicyclic) bond motifs is 4. The molecule has 80 heavy (non-hydrogen) atoms. The molecule has 0 amide bonds. The van der Waals surface area contributed by atoms with Crippen LogP contribution in [0.5, 0.6) is 0 Å². The molecular weight excluding hydrogens is 977 g/mol. The molecule has 0 fully saturated rings. The van der Waals surface area contributed by atoms with Crippen LogP contribution in [0.2, 0.25) is 0 Å². The quantitative estimate of drug-likeness (QED) is 0.182. The maximum Gasteiger partial charge on any atom is 0.0816 e. The van der Waals surface area contributed by atoms with Gasteiger partial charge in [-0.25, -0.2) is 9.97 Å². The van der Waals surface area contributed by atoms with Crippen molar-refractivity contribution in [2.75, 3.05) is 0 Å². The van der Waals surface area contributed by atoms with Gasteiger partial charge in [0.2, 0.25) is 0 Å². The van der Waals surface area contributed by atoms with Gasteiger partial charge in [0.05, 0.1) is 44.8 Å². The van der Waals surface area contributed by atoms with E-state index in [-0.39, 0.29) is 0 Å². The maximum absolute atomic E-state index is 6.09. The molecule has 0 spiro atoms. The second-order valence-electron chi connectivity index (χ2n) is 20.8. The van der Waals surface area contributed by atoms with E-state index in [0.717, 1.165) is 176 Å². The second kappa shape index (κ2) is 17.3. The van der Waals surface area contributed by atoms with Gasteiger partial charge in [-0.15, -0.1) is 0 Å². The number of hydrogen-bond donors (Lipinski definition) is 2. The topological polar surface area (TPSA) is 109 Å². The van der Waals surface area contributed by atoms with Crippen LogP contribution in [0.4, 0.5) is 0 Å². The molecular formula is C72H42N8. The van der Waals surface area contributed by atoms with Crippen molar-refractivity contribution in [3.63, 3.8) is 0 Å². The monoisotopic (exact) mass is 1020 g/mol. The molecule has 8 nitrogen and oxygen atoms in total. The summed E-state index contributed by atoms with van der Waals surface area (Å²) in [6.45, 7) is 0. The lowest BCUT2D eigenvalue weighted by atomic mass is 9.91. The first-order chi connectivity index (χ1) is 39.7. The fraction of sp³-hybridized carbons (Fsp3) is 0. The molecule has 1 aliphatic carbocycles. The van der Waals surface area contributed by atoms with Crippen LogP contribution >= 0.6 is 0 Å². The van der Waals surface area contributed by atoms with E-state index in [1.54, 1.807) is 0 Å². The van der Waals surface area contributed by atoms with Gasteiger partial charge in [-0.1, -0.05) is 121 Å². The Labute approximate surface area is 457 Å². The molecule has 0 radical (unpaired) electrons. The summed E-state index contributed by atoms with van der Waals surface area (Å²) < 4.78 is 0. The van der Waals surface area contributed by atoms with Crippen molar-refractivity contribution in [1.29, 1.82) is 0 Å². The van der Waals surface area contributed by atoms with Crippen LogP contribution in [-0.2, 0) is 0 Å². The van der Waals surface area contributed by atoms with Crippen LogP contribution in [0, 0.1) is 0 Å². The van der Waals surface area contributed by atoms with Gasteiger partial charge >= 0.3 is 0 Å². The van der Waals surface area contributed by atoms with Gasteiger partial charge in [0, 0.05) is 138 Å². The van der Waals surface area contributed by atoms with E-state index in [0.29, 0.717) is 0 Å². The van der Waals surface area contributed by atoms with Crippen LogP contribution in [0.3, 0.4) is 0 Å². The normalized spacial score (nSPS) is 12.0. The van der Waals surface area contributed by atoms with E-state index in [9.17, 15) is 0 Å². The van der Waals surface area contributed by atoms with Gasteiger partial charge in [-0.05, 0) is 116 Å². The summed E-state index contributed by atoms with van der Waals surface area (Å²) in [5.74, 6) is 0. The van der Waals surface area contributed by atoms with Gasteiger partial charge in [0.25, 0.3) is 0 Å². The standard InChI is InChI=1S/C72H42N8/c1-2-14-42-30-54-53(29-41(42)13-1)65-61(49-21-9-25-73-37-49)67-55-31-43-15-3-4-16-44(43)32-56(55)69(78-67)63(51-23-11-27-75-39-51)71-59-35-47-19-7-8-20-48(47)36-60(59)72(80-71)64(52-24-12-28-76-40-52)70-58-34-46-18-6-5-17-45(46)33-57(58)68(79-70)62(66(54)77-65)50-22-10-26-74-38-50/h1-40,77,80H. The number of hydrogen-bond acceptors (Lipinski definition) is 6. The molecule has 6 aromatic heterocycles. The largest absolute Gasteiger partial charge is 0.353 e. The van der Waals surface area contributed by atoms with E-state index in [4.69, 9.17) is 29.9 Å². The Hall–Kier alpha value is -11.0. The number of nitrogens with zero attached hydrogens (tertiary/aromatic N) is 6. The van der Waals surface area contributed by atoms with Crippen molar-refractivity contribution < 1.29 is 0 Å². The molecule has 2 aliphatic heterocycles. The Morgan fingerprint density at radius 1 is 0.237 bits per heavy atom. The maximum atomic E-state index is 6.09. The van der Waals surface area contributed by atoms with Crippen LogP contribution < -0.4 is 0 Å². The lowest BCUT2D eigenvalue weighted by Crippen LogP contribution is -1.88. The summed E-state index contributed by atoms with van der Waals surface area (Å²) in [5.41, 5.74) is 18.3. The summed E-state index contributed by atoms with van der Waals surface area (Å²) in [5, 5.41) is 13.1. The van der Waals surface area contributed by atoms with Crippen molar-refractivity contribution in [2.24, 2.45) is 0 Å². The molecule has 370 valence electrons. The molecule has 8 aromatic carbocycles. The number of H-pyrrole nitrogens is 2. The zero-order chi connectivity index (χ0) is 52.4. The highest BCUT2D eigenvalue weighted by molar-refractivity contribution is 6.24. The number of pyridine rings is 4. The SMILES string of the molecule is c1cncc(-c2c3nc(c(-c4cccnc4)c4[nH]c(c(-c5cccnc5)c5nc(c(-c6cccnc6)c6[nH]c2c2cc7ccccc7cc62)-c2cc6ccccc6cc2-5)c2cc5ccccc5cc42)-c2cc4ccccc4cc2-3)c1. The fourth-order valence-corrected chi connectivity index (χ4v) is 12.7. The zero-order valence-electron chi connectivity index (χ0n) is 42.8. The van der Waals surface area contributed by atoms with Gasteiger partial charge in [0.1, 0.15) is 0 Å². The predicted octanol–water partition coefficient (Wildman–Crippen LogP) is 18.1. The minimum Gasteiger partial charge on any atom is -0.353 e. The molecule has 0 unspecified atom stereocenters. The highest BCUT2D eigenvalue weighted by Gasteiger charge is 2.31. The number of nitrogens with one attached hydrogen (secondary N) is 2. The van der Waals surface area contributed by atoms with Gasteiger partial charge in [0.15, 0.2) is 0 Å². The average molecular weight is 1020 g/mol.